The van der Waals surface area contributed by atoms with Crippen molar-refractivity contribution in [1.29, 1.82) is 0 Å². The largest absolute Gasteiger partial charge is 0.492 e. The average Bonchev–Trinajstić information content (AvgIpc) is 3.30. The SMILES string of the molecule is CCOc1ccccc1N1C[C@H](C(=O)OCC(=O)c2cccs2)CC1=O. The van der Waals surface area contributed by atoms with Gasteiger partial charge in [-0.25, -0.2) is 0 Å². The number of ketones is 1. The summed E-state index contributed by atoms with van der Waals surface area (Å²) in [4.78, 5) is 38.7. The summed E-state index contributed by atoms with van der Waals surface area (Å²) in [7, 11) is 0. The van der Waals surface area contributed by atoms with E-state index in [-0.39, 0.29) is 31.3 Å². The van der Waals surface area contributed by atoms with E-state index in [1.807, 2.05) is 19.1 Å². The van der Waals surface area contributed by atoms with Gasteiger partial charge in [-0.15, -0.1) is 11.3 Å². The Morgan fingerprint density at radius 1 is 1.23 bits per heavy atom. The molecule has 1 aliphatic rings. The molecule has 0 unspecified atom stereocenters. The highest BCUT2D eigenvalue weighted by molar-refractivity contribution is 7.12. The summed E-state index contributed by atoms with van der Waals surface area (Å²) < 4.78 is 10.7. The van der Waals surface area contributed by atoms with Crippen molar-refractivity contribution in [2.75, 3.05) is 24.7 Å². The quantitative estimate of drug-likeness (QED) is 0.551. The zero-order chi connectivity index (χ0) is 18.5. The molecule has 2 aromatic rings. The number of para-hydroxylation sites is 2. The fourth-order valence-electron chi connectivity index (χ4n) is 2.82. The zero-order valence-corrected chi connectivity index (χ0v) is 15.2. The molecule has 6 nitrogen and oxygen atoms in total. The predicted octanol–water partition coefficient (Wildman–Crippen LogP) is 2.93. The van der Waals surface area contributed by atoms with Crippen LogP contribution in [0.4, 0.5) is 5.69 Å². The topological polar surface area (TPSA) is 72.9 Å². The molecule has 1 saturated heterocycles. The first kappa shape index (κ1) is 18.1. The van der Waals surface area contributed by atoms with Crippen LogP contribution in [0, 0.1) is 5.92 Å². The number of anilines is 1. The van der Waals surface area contributed by atoms with Gasteiger partial charge in [0.15, 0.2) is 6.61 Å². The van der Waals surface area contributed by atoms with Crippen LogP contribution in [0.3, 0.4) is 0 Å². The fourth-order valence-corrected chi connectivity index (χ4v) is 3.47. The molecule has 7 heteroatoms. The first-order valence-corrected chi connectivity index (χ1v) is 9.23. The van der Waals surface area contributed by atoms with Crippen LogP contribution in [0.25, 0.3) is 0 Å². The maximum atomic E-state index is 12.4. The van der Waals surface area contributed by atoms with E-state index in [0.29, 0.717) is 22.9 Å². The van der Waals surface area contributed by atoms with Gasteiger partial charge in [-0.3, -0.25) is 14.4 Å². The number of carbonyl (C=O) groups is 3. The van der Waals surface area contributed by atoms with E-state index in [9.17, 15) is 14.4 Å². The number of carbonyl (C=O) groups excluding carboxylic acids is 3. The predicted molar refractivity (Wildman–Crippen MR) is 97.7 cm³/mol. The van der Waals surface area contributed by atoms with Crippen LogP contribution in [0.15, 0.2) is 41.8 Å². The summed E-state index contributed by atoms with van der Waals surface area (Å²) in [5.74, 6) is -0.918. The highest BCUT2D eigenvalue weighted by atomic mass is 32.1. The second-order valence-corrected chi connectivity index (χ2v) is 6.76. The molecular weight excluding hydrogens is 354 g/mol. The number of rotatable bonds is 7. The lowest BCUT2D eigenvalue weighted by Crippen LogP contribution is -2.27. The Morgan fingerprint density at radius 3 is 2.77 bits per heavy atom. The highest BCUT2D eigenvalue weighted by Gasteiger charge is 2.37. The summed E-state index contributed by atoms with van der Waals surface area (Å²) in [6.07, 6.45) is 0.0620. The molecule has 1 amide bonds. The summed E-state index contributed by atoms with van der Waals surface area (Å²) in [5, 5.41) is 1.79. The summed E-state index contributed by atoms with van der Waals surface area (Å²) in [5.41, 5.74) is 0.643. The van der Waals surface area contributed by atoms with Crippen molar-refractivity contribution in [3.05, 3.63) is 46.7 Å². The molecular formula is C19H19NO5S. The van der Waals surface area contributed by atoms with E-state index in [1.54, 1.807) is 29.6 Å². The molecule has 1 fully saturated rings. The number of thiophene rings is 1. The van der Waals surface area contributed by atoms with Gasteiger partial charge in [0.2, 0.25) is 11.7 Å². The molecule has 0 aliphatic carbocycles. The molecule has 0 radical (unpaired) electrons. The van der Waals surface area contributed by atoms with E-state index in [4.69, 9.17) is 9.47 Å². The van der Waals surface area contributed by atoms with Crippen LogP contribution in [-0.4, -0.2) is 37.4 Å². The van der Waals surface area contributed by atoms with Gasteiger partial charge < -0.3 is 14.4 Å². The molecule has 3 rings (SSSR count). The van der Waals surface area contributed by atoms with Crippen molar-refractivity contribution in [3.63, 3.8) is 0 Å². The van der Waals surface area contributed by atoms with Crippen molar-refractivity contribution in [2.24, 2.45) is 5.92 Å². The van der Waals surface area contributed by atoms with Crippen molar-refractivity contribution >= 4 is 34.7 Å². The Bertz CT molecular complexity index is 802. The number of benzene rings is 1. The number of esters is 1. The van der Waals surface area contributed by atoms with Gasteiger partial charge in [-0.05, 0) is 30.5 Å². The zero-order valence-electron chi connectivity index (χ0n) is 14.3. The van der Waals surface area contributed by atoms with Gasteiger partial charge in [0.25, 0.3) is 0 Å². The van der Waals surface area contributed by atoms with Gasteiger partial charge in [0, 0.05) is 13.0 Å². The standard InChI is InChI=1S/C19H19NO5S/c1-2-24-16-7-4-3-6-14(16)20-11-13(10-18(20)22)19(23)25-12-15(21)17-8-5-9-26-17/h3-9,13H,2,10-12H2,1H3/t13-/m1/s1. The Morgan fingerprint density at radius 2 is 2.04 bits per heavy atom. The van der Waals surface area contributed by atoms with Gasteiger partial charge in [0.1, 0.15) is 5.75 Å². The molecule has 0 saturated carbocycles. The van der Waals surface area contributed by atoms with Crippen LogP contribution in [0.5, 0.6) is 5.75 Å². The monoisotopic (exact) mass is 373 g/mol. The van der Waals surface area contributed by atoms with Gasteiger partial charge in [-0.1, -0.05) is 18.2 Å². The first-order valence-electron chi connectivity index (χ1n) is 8.35. The molecule has 2 heterocycles. The maximum absolute atomic E-state index is 12.4. The summed E-state index contributed by atoms with van der Waals surface area (Å²) >= 11 is 1.30. The van der Waals surface area contributed by atoms with Crippen molar-refractivity contribution in [1.82, 2.24) is 0 Å². The summed E-state index contributed by atoms with van der Waals surface area (Å²) in [6, 6.07) is 10.7. The third kappa shape index (κ3) is 3.94. The van der Waals surface area contributed by atoms with Crippen LogP contribution in [0.2, 0.25) is 0 Å². The Balaban J connectivity index is 1.62. The molecule has 1 aromatic heterocycles. The molecule has 1 atom stereocenters. The lowest BCUT2D eigenvalue weighted by molar-refractivity contribution is -0.147. The lowest BCUT2D eigenvalue weighted by Gasteiger charge is -2.19. The average molecular weight is 373 g/mol. The van der Waals surface area contributed by atoms with E-state index < -0.39 is 11.9 Å². The smallest absolute Gasteiger partial charge is 0.311 e. The second kappa shape index (κ2) is 8.14. The van der Waals surface area contributed by atoms with Crippen molar-refractivity contribution < 1.29 is 23.9 Å². The molecule has 0 N–H and O–H groups in total. The number of nitrogens with zero attached hydrogens (tertiary/aromatic N) is 1. The normalized spacial score (nSPS) is 16.6. The number of ether oxygens (including phenoxy) is 2. The third-order valence-corrected chi connectivity index (χ3v) is 4.97. The van der Waals surface area contributed by atoms with Gasteiger partial charge >= 0.3 is 5.97 Å². The van der Waals surface area contributed by atoms with Crippen LogP contribution in [-0.2, 0) is 14.3 Å². The minimum absolute atomic E-state index is 0.0620. The van der Waals surface area contributed by atoms with Gasteiger partial charge in [-0.2, -0.15) is 0 Å². The van der Waals surface area contributed by atoms with Crippen molar-refractivity contribution in [2.45, 2.75) is 13.3 Å². The number of hydrogen-bond acceptors (Lipinski definition) is 6. The van der Waals surface area contributed by atoms with Gasteiger partial charge in [0.05, 0.1) is 23.1 Å². The summed E-state index contributed by atoms with van der Waals surface area (Å²) in [6.45, 7) is 2.26. The van der Waals surface area contributed by atoms with E-state index in [1.165, 1.54) is 16.2 Å². The minimum atomic E-state index is -0.590. The minimum Gasteiger partial charge on any atom is -0.492 e. The number of Topliss-reactive ketones (excluding diaryl/α,β-unsaturated/α-hetero) is 1. The molecule has 1 aromatic carbocycles. The number of hydrogen-bond donors (Lipinski definition) is 0. The Hall–Kier alpha value is -2.67. The third-order valence-electron chi connectivity index (χ3n) is 4.06. The van der Waals surface area contributed by atoms with Crippen LogP contribution in [0.1, 0.15) is 23.0 Å². The van der Waals surface area contributed by atoms with E-state index >= 15 is 0 Å². The fraction of sp³-hybridized carbons (Fsp3) is 0.316. The first-order chi connectivity index (χ1) is 12.6. The second-order valence-electron chi connectivity index (χ2n) is 5.81. The molecule has 136 valence electrons. The highest BCUT2D eigenvalue weighted by Crippen LogP contribution is 2.33. The lowest BCUT2D eigenvalue weighted by atomic mass is 10.1. The van der Waals surface area contributed by atoms with Crippen LogP contribution < -0.4 is 9.64 Å². The molecule has 1 aliphatic heterocycles. The molecule has 0 bridgehead atoms. The molecule has 0 spiro atoms. The van der Waals surface area contributed by atoms with E-state index in [2.05, 4.69) is 0 Å². The maximum Gasteiger partial charge on any atom is 0.311 e. The Labute approximate surface area is 155 Å². The van der Waals surface area contributed by atoms with Crippen molar-refractivity contribution in [3.8, 4) is 5.75 Å². The Kier molecular flexibility index (Phi) is 5.68. The van der Waals surface area contributed by atoms with E-state index in [0.717, 1.165) is 0 Å². The number of amides is 1. The van der Waals surface area contributed by atoms with Crippen LogP contribution >= 0.6 is 11.3 Å². The molecule has 26 heavy (non-hydrogen) atoms.